The molecule has 1 saturated heterocycles. The van der Waals surface area contributed by atoms with E-state index in [2.05, 4.69) is 5.32 Å². The molecule has 2 saturated carbocycles. The molecule has 0 aromatic heterocycles. The fourth-order valence-corrected chi connectivity index (χ4v) is 6.27. The molecule has 0 bridgehead atoms. The van der Waals surface area contributed by atoms with Crippen LogP contribution in [0.2, 0.25) is 0 Å². The zero-order chi connectivity index (χ0) is 30.9. The molecule has 3 fully saturated rings. The number of aliphatic hydroxyl groups is 2. The van der Waals surface area contributed by atoms with E-state index in [0.717, 1.165) is 31.2 Å². The van der Waals surface area contributed by atoms with Crippen molar-refractivity contribution < 1.29 is 38.8 Å². The zero-order valence-electron chi connectivity index (χ0n) is 25.7. The van der Waals surface area contributed by atoms with E-state index < -0.39 is 53.7 Å². The Morgan fingerprint density at radius 1 is 1.09 bits per heavy atom. The van der Waals surface area contributed by atoms with Gasteiger partial charge in [-0.05, 0) is 64.5 Å². The summed E-state index contributed by atoms with van der Waals surface area (Å²) in [5.74, 6) is -1.23. The van der Waals surface area contributed by atoms with Gasteiger partial charge in [-0.3, -0.25) is 14.4 Å². The Kier molecular flexibility index (Phi) is 9.32. The molecule has 1 aliphatic heterocycles. The largest absolute Gasteiger partial charge is 0.460 e. The molecule has 0 radical (unpaired) electrons. The first-order valence-electron chi connectivity index (χ1n) is 15.6. The lowest BCUT2D eigenvalue weighted by Crippen LogP contribution is -2.53. The minimum absolute atomic E-state index is 0.0273. The highest BCUT2D eigenvalue weighted by Crippen LogP contribution is 2.59. The van der Waals surface area contributed by atoms with Crippen LogP contribution in [0.3, 0.4) is 0 Å². The molecule has 10 heteroatoms. The van der Waals surface area contributed by atoms with Gasteiger partial charge in [-0.15, -0.1) is 0 Å². The summed E-state index contributed by atoms with van der Waals surface area (Å²) in [4.78, 5) is 41.2. The first kappa shape index (κ1) is 31.6. The third-order valence-electron chi connectivity index (χ3n) is 8.75. The standard InChI is InChI=1S/C33H46N2O8/c1-32(2,3)42-28(38)15-14-24(19-36)34-30(39)25(16-20-8-6-5-7-9-20)35(4)31(40)21-17-26(37)29-27(18-21)41-33(43-29,22-10-11-22)23-12-13-23/h5-9,18,22-27,29,36-37H,10-17,19H2,1-4H3,(H,34,39)/t24-,25+,26+,27+,29-/m0/s1. The third-order valence-corrected chi connectivity index (χ3v) is 8.75. The van der Waals surface area contributed by atoms with E-state index >= 15 is 0 Å². The first-order chi connectivity index (χ1) is 20.4. The average Bonchev–Trinajstić information content (AvgIpc) is 3.90. The van der Waals surface area contributed by atoms with Crippen LogP contribution in [-0.2, 0) is 35.0 Å². The predicted octanol–water partition coefficient (Wildman–Crippen LogP) is 2.65. The molecule has 3 aliphatic carbocycles. The van der Waals surface area contributed by atoms with Crippen molar-refractivity contribution in [1.82, 2.24) is 10.2 Å². The number of nitrogens with one attached hydrogen (secondary N) is 1. The fourth-order valence-electron chi connectivity index (χ4n) is 6.27. The van der Waals surface area contributed by atoms with E-state index in [9.17, 15) is 24.6 Å². The molecule has 2 amide bonds. The molecule has 236 valence electrons. The van der Waals surface area contributed by atoms with Crippen molar-refractivity contribution in [3.05, 3.63) is 47.5 Å². The number of carbonyl (C=O) groups is 3. The molecule has 10 nitrogen and oxygen atoms in total. The number of rotatable bonds is 12. The number of fused-ring (bicyclic) bond motifs is 1. The lowest BCUT2D eigenvalue weighted by atomic mass is 9.91. The molecule has 3 N–H and O–H groups in total. The number of carbonyl (C=O) groups excluding carboxylic acids is 3. The van der Waals surface area contributed by atoms with E-state index in [1.807, 2.05) is 30.3 Å². The van der Waals surface area contributed by atoms with E-state index in [1.165, 1.54) is 4.90 Å². The summed E-state index contributed by atoms with van der Waals surface area (Å²) in [5, 5.41) is 23.9. The van der Waals surface area contributed by atoms with E-state index in [4.69, 9.17) is 14.2 Å². The molecule has 0 unspecified atom stereocenters. The molecule has 0 spiro atoms. The summed E-state index contributed by atoms with van der Waals surface area (Å²) >= 11 is 0. The summed E-state index contributed by atoms with van der Waals surface area (Å²) in [6.07, 6.45) is 4.61. The van der Waals surface area contributed by atoms with Crippen molar-refractivity contribution in [2.45, 2.75) is 114 Å². The van der Waals surface area contributed by atoms with Gasteiger partial charge < -0.3 is 34.6 Å². The monoisotopic (exact) mass is 598 g/mol. The minimum atomic E-state index is -0.904. The first-order valence-corrected chi connectivity index (χ1v) is 15.6. The minimum Gasteiger partial charge on any atom is -0.460 e. The highest BCUT2D eigenvalue weighted by atomic mass is 16.8. The van der Waals surface area contributed by atoms with E-state index in [0.29, 0.717) is 17.4 Å². The SMILES string of the molecule is CN(C(=O)C1=C[C@H]2OC(C3CC3)(C3CC3)O[C@H]2[C@H](O)C1)[C@H](Cc1ccccc1)C(=O)N[C@H](CO)CCC(=O)OC(C)(C)C. The molecule has 5 atom stereocenters. The van der Waals surface area contributed by atoms with Crippen molar-refractivity contribution in [2.24, 2.45) is 11.8 Å². The number of likely N-dealkylation sites (N-methyl/N-ethyl adjacent to an activating group) is 1. The van der Waals surface area contributed by atoms with Gasteiger partial charge in [0.2, 0.25) is 11.8 Å². The Bertz CT molecular complexity index is 1190. The number of ether oxygens (including phenoxy) is 3. The van der Waals surface area contributed by atoms with Gasteiger partial charge in [-0.25, -0.2) is 0 Å². The van der Waals surface area contributed by atoms with Crippen LogP contribution < -0.4 is 5.32 Å². The van der Waals surface area contributed by atoms with Crippen molar-refractivity contribution in [3.63, 3.8) is 0 Å². The van der Waals surface area contributed by atoms with Crippen molar-refractivity contribution in [3.8, 4) is 0 Å². The van der Waals surface area contributed by atoms with Crippen LogP contribution in [0, 0.1) is 11.8 Å². The number of aliphatic hydroxyl groups excluding tert-OH is 2. The average molecular weight is 599 g/mol. The Balaban J connectivity index is 1.29. The van der Waals surface area contributed by atoms with Gasteiger partial charge in [0, 0.05) is 43.7 Å². The lowest BCUT2D eigenvalue weighted by molar-refractivity contribution is -0.209. The fraction of sp³-hybridized carbons (Fsp3) is 0.667. The maximum atomic E-state index is 13.9. The summed E-state index contributed by atoms with van der Waals surface area (Å²) in [6, 6.07) is 7.79. The summed E-state index contributed by atoms with van der Waals surface area (Å²) in [7, 11) is 1.58. The highest BCUT2D eigenvalue weighted by Gasteiger charge is 2.64. The predicted molar refractivity (Wildman–Crippen MR) is 157 cm³/mol. The molecule has 1 aromatic carbocycles. The lowest BCUT2D eigenvalue weighted by Gasteiger charge is -2.32. The number of hydrogen-bond acceptors (Lipinski definition) is 8. The molecule has 5 rings (SSSR count). The second-order valence-corrected chi connectivity index (χ2v) is 13.5. The van der Waals surface area contributed by atoms with Gasteiger partial charge in [0.05, 0.1) is 18.8 Å². The quantitative estimate of drug-likeness (QED) is 0.313. The molecule has 1 aromatic rings. The topological polar surface area (TPSA) is 135 Å². The van der Waals surface area contributed by atoms with Crippen LogP contribution >= 0.6 is 0 Å². The summed E-state index contributed by atoms with van der Waals surface area (Å²) in [6.45, 7) is 4.97. The number of benzene rings is 1. The van der Waals surface area contributed by atoms with Gasteiger partial charge in [0.25, 0.3) is 0 Å². The van der Waals surface area contributed by atoms with Gasteiger partial charge in [-0.1, -0.05) is 30.3 Å². The van der Waals surface area contributed by atoms with Crippen LogP contribution in [-0.4, -0.2) is 88.3 Å². The van der Waals surface area contributed by atoms with Crippen LogP contribution in [0.25, 0.3) is 0 Å². The Morgan fingerprint density at radius 2 is 1.74 bits per heavy atom. The van der Waals surface area contributed by atoms with E-state index in [1.54, 1.807) is 33.9 Å². The van der Waals surface area contributed by atoms with Gasteiger partial charge in [0.1, 0.15) is 23.9 Å². The Labute approximate surface area is 253 Å². The molecule has 4 aliphatic rings. The molecule has 1 heterocycles. The molecular formula is C33H46N2O8. The zero-order valence-corrected chi connectivity index (χ0v) is 25.7. The van der Waals surface area contributed by atoms with Crippen molar-refractivity contribution in [2.75, 3.05) is 13.7 Å². The van der Waals surface area contributed by atoms with Gasteiger partial charge in [-0.2, -0.15) is 0 Å². The highest BCUT2D eigenvalue weighted by molar-refractivity contribution is 5.97. The van der Waals surface area contributed by atoms with Crippen molar-refractivity contribution >= 4 is 17.8 Å². The second kappa shape index (κ2) is 12.7. The van der Waals surface area contributed by atoms with Crippen LogP contribution in [0.1, 0.15) is 71.3 Å². The Hall–Kier alpha value is -2.79. The number of esters is 1. The van der Waals surface area contributed by atoms with Gasteiger partial charge >= 0.3 is 5.97 Å². The molecule has 43 heavy (non-hydrogen) atoms. The molecular weight excluding hydrogens is 552 g/mol. The number of nitrogens with zero attached hydrogens (tertiary/aromatic N) is 1. The number of amides is 2. The van der Waals surface area contributed by atoms with Crippen molar-refractivity contribution in [1.29, 1.82) is 0 Å². The normalized spacial score (nSPS) is 26.1. The smallest absolute Gasteiger partial charge is 0.306 e. The van der Waals surface area contributed by atoms with E-state index in [-0.39, 0.29) is 38.2 Å². The summed E-state index contributed by atoms with van der Waals surface area (Å²) in [5.41, 5.74) is 0.616. The summed E-state index contributed by atoms with van der Waals surface area (Å²) < 4.78 is 18.3. The second-order valence-electron chi connectivity index (χ2n) is 13.5. The van der Waals surface area contributed by atoms with Gasteiger partial charge in [0.15, 0.2) is 5.79 Å². The Morgan fingerprint density at radius 3 is 2.33 bits per heavy atom. The van der Waals surface area contributed by atoms with Crippen LogP contribution in [0.15, 0.2) is 42.0 Å². The van der Waals surface area contributed by atoms with Crippen LogP contribution in [0.4, 0.5) is 0 Å². The maximum Gasteiger partial charge on any atom is 0.306 e. The van der Waals surface area contributed by atoms with Crippen LogP contribution in [0.5, 0.6) is 0 Å². The maximum absolute atomic E-state index is 13.9. The third kappa shape index (κ3) is 7.48. The number of hydrogen-bond donors (Lipinski definition) is 3.